The smallest absolute Gasteiger partial charge is 0.308 e. The van der Waals surface area contributed by atoms with Crippen molar-refractivity contribution in [2.24, 2.45) is 13.0 Å². The Kier molecular flexibility index (Phi) is 4.07. The van der Waals surface area contributed by atoms with Gasteiger partial charge in [0, 0.05) is 31.7 Å². The van der Waals surface area contributed by atoms with Crippen LogP contribution in [-0.2, 0) is 17.3 Å². The van der Waals surface area contributed by atoms with Crippen LogP contribution in [0.3, 0.4) is 0 Å². The van der Waals surface area contributed by atoms with Crippen molar-refractivity contribution in [2.45, 2.75) is 39.0 Å². The van der Waals surface area contributed by atoms with E-state index in [0.29, 0.717) is 18.5 Å². The fourth-order valence-corrected chi connectivity index (χ4v) is 2.73. The first-order chi connectivity index (χ1) is 9.70. The molecule has 6 heteroatoms. The van der Waals surface area contributed by atoms with Crippen LogP contribution in [0, 0.1) is 5.92 Å². The summed E-state index contributed by atoms with van der Waals surface area (Å²) in [7, 11) is 1.79. The van der Waals surface area contributed by atoms with Crippen LogP contribution in [0.4, 0.5) is 0 Å². The quantitative estimate of drug-likeness (QED) is 0.899. The number of aryl methyl sites for hydroxylation is 1. The monoisotopic (exact) mass is 293 g/mol. The van der Waals surface area contributed by atoms with E-state index in [1.54, 1.807) is 22.8 Å². The Labute approximate surface area is 124 Å². The van der Waals surface area contributed by atoms with Gasteiger partial charge in [0.25, 0.3) is 5.91 Å². The van der Waals surface area contributed by atoms with Gasteiger partial charge in [0.1, 0.15) is 0 Å². The topological polar surface area (TPSA) is 75.4 Å². The zero-order valence-corrected chi connectivity index (χ0v) is 13.1. The first-order valence-corrected chi connectivity index (χ1v) is 7.26. The van der Waals surface area contributed by atoms with E-state index in [1.165, 1.54) is 0 Å². The molecule has 0 saturated carbocycles. The average molecular weight is 293 g/mol. The van der Waals surface area contributed by atoms with E-state index < -0.39 is 11.9 Å². The number of nitrogens with zero attached hydrogens (tertiary/aromatic N) is 3. The van der Waals surface area contributed by atoms with Crippen LogP contribution in [0.2, 0.25) is 0 Å². The predicted molar refractivity (Wildman–Crippen MR) is 78.2 cm³/mol. The molecule has 0 radical (unpaired) electrons. The third kappa shape index (κ3) is 3.25. The fraction of sp³-hybridized carbons (Fsp3) is 0.667. The summed E-state index contributed by atoms with van der Waals surface area (Å²) in [5.74, 6) is -1.40. The number of carboxylic acids is 1. The molecule has 1 saturated heterocycles. The Balaban J connectivity index is 2.26. The van der Waals surface area contributed by atoms with Gasteiger partial charge < -0.3 is 10.0 Å². The predicted octanol–water partition coefficient (Wildman–Crippen LogP) is 1.65. The summed E-state index contributed by atoms with van der Waals surface area (Å²) in [5, 5.41) is 13.5. The summed E-state index contributed by atoms with van der Waals surface area (Å²) in [6.45, 7) is 6.95. The highest BCUT2D eigenvalue weighted by molar-refractivity contribution is 5.95. The zero-order chi connectivity index (χ0) is 15.8. The Bertz CT molecular complexity index is 557. The molecule has 116 valence electrons. The first kappa shape index (κ1) is 15.5. The molecule has 1 aromatic heterocycles. The lowest BCUT2D eigenvalue weighted by atomic mass is 9.89. The van der Waals surface area contributed by atoms with Crippen LogP contribution in [0.5, 0.6) is 0 Å². The highest BCUT2D eigenvalue weighted by Gasteiger charge is 2.32. The van der Waals surface area contributed by atoms with Gasteiger partial charge in [-0.3, -0.25) is 14.3 Å². The van der Waals surface area contributed by atoms with Crippen molar-refractivity contribution < 1.29 is 14.7 Å². The summed E-state index contributed by atoms with van der Waals surface area (Å²) < 4.78 is 1.65. The molecule has 1 fully saturated rings. The Hall–Kier alpha value is -1.85. The van der Waals surface area contributed by atoms with Gasteiger partial charge in [-0.1, -0.05) is 20.8 Å². The minimum absolute atomic E-state index is 0.112. The number of rotatable bonds is 2. The SMILES string of the molecule is Cn1cc(C(=O)N2CCCC(C(=O)O)C2)c(C(C)(C)C)n1. The number of hydrogen-bond donors (Lipinski definition) is 1. The molecule has 1 N–H and O–H groups in total. The maximum absolute atomic E-state index is 12.7. The molecule has 21 heavy (non-hydrogen) atoms. The summed E-state index contributed by atoms with van der Waals surface area (Å²) in [5.41, 5.74) is 1.11. The van der Waals surface area contributed by atoms with Crippen molar-refractivity contribution in [3.63, 3.8) is 0 Å². The number of piperidine rings is 1. The third-order valence-corrected chi connectivity index (χ3v) is 3.83. The lowest BCUT2D eigenvalue weighted by Crippen LogP contribution is -2.42. The van der Waals surface area contributed by atoms with E-state index in [1.807, 2.05) is 20.8 Å². The molecule has 1 unspecified atom stereocenters. The maximum atomic E-state index is 12.7. The highest BCUT2D eigenvalue weighted by atomic mass is 16.4. The van der Waals surface area contributed by atoms with Crippen molar-refractivity contribution >= 4 is 11.9 Å². The van der Waals surface area contributed by atoms with Crippen molar-refractivity contribution in [2.75, 3.05) is 13.1 Å². The van der Waals surface area contributed by atoms with Gasteiger partial charge in [0.2, 0.25) is 0 Å². The molecule has 1 aliphatic rings. The van der Waals surface area contributed by atoms with Gasteiger partial charge in [-0.05, 0) is 12.8 Å². The molecule has 2 rings (SSSR count). The van der Waals surface area contributed by atoms with Crippen molar-refractivity contribution in [1.82, 2.24) is 14.7 Å². The molecule has 6 nitrogen and oxygen atoms in total. The van der Waals surface area contributed by atoms with E-state index in [9.17, 15) is 9.59 Å². The number of hydrogen-bond acceptors (Lipinski definition) is 3. The highest BCUT2D eigenvalue weighted by Crippen LogP contribution is 2.26. The lowest BCUT2D eigenvalue weighted by molar-refractivity contribution is -0.143. The summed E-state index contributed by atoms with van der Waals surface area (Å²) >= 11 is 0. The van der Waals surface area contributed by atoms with Crippen LogP contribution in [0.25, 0.3) is 0 Å². The Morgan fingerprint density at radius 1 is 1.38 bits per heavy atom. The lowest BCUT2D eigenvalue weighted by Gasteiger charge is -2.31. The van der Waals surface area contributed by atoms with E-state index in [4.69, 9.17) is 5.11 Å². The van der Waals surface area contributed by atoms with Gasteiger partial charge in [-0.25, -0.2) is 0 Å². The fourth-order valence-electron chi connectivity index (χ4n) is 2.73. The van der Waals surface area contributed by atoms with Crippen molar-refractivity contribution in [3.05, 3.63) is 17.5 Å². The number of aromatic nitrogens is 2. The summed E-state index contributed by atoms with van der Waals surface area (Å²) in [4.78, 5) is 25.5. The van der Waals surface area contributed by atoms with Crippen LogP contribution in [0.1, 0.15) is 49.7 Å². The molecule has 1 amide bonds. The maximum Gasteiger partial charge on any atom is 0.308 e. The number of carbonyl (C=O) groups is 2. The molecule has 0 bridgehead atoms. The Morgan fingerprint density at radius 2 is 2.05 bits per heavy atom. The van der Waals surface area contributed by atoms with Gasteiger partial charge in [0.05, 0.1) is 17.2 Å². The van der Waals surface area contributed by atoms with Gasteiger partial charge in [0.15, 0.2) is 0 Å². The van der Waals surface area contributed by atoms with Crippen LogP contribution >= 0.6 is 0 Å². The van der Waals surface area contributed by atoms with E-state index >= 15 is 0 Å². The number of carbonyl (C=O) groups excluding carboxylic acids is 1. The Morgan fingerprint density at radius 3 is 2.62 bits per heavy atom. The molecule has 0 spiro atoms. The number of likely N-dealkylation sites (tertiary alicyclic amines) is 1. The van der Waals surface area contributed by atoms with Crippen molar-refractivity contribution in [3.8, 4) is 0 Å². The van der Waals surface area contributed by atoms with Gasteiger partial charge >= 0.3 is 5.97 Å². The summed E-state index contributed by atoms with van der Waals surface area (Å²) in [6.07, 6.45) is 3.10. The second-order valence-electron chi connectivity index (χ2n) is 6.74. The van der Waals surface area contributed by atoms with Crippen molar-refractivity contribution in [1.29, 1.82) is 0 Å². The van der Waals surface area contributed by atoms with E-state index in [2.05, 4.69) is 5.10 Å². The standard InChI is InChI=1S/C15H23N3O3/c1-15(2,3)12-11(9-17(4)16-12)13(19)18-7-5-6-10(8-18)14(20)21/h9-10H,5-8H2,1-4H3,(H,20,21). The molecule has 1 aromatic rings. The van der Waals surface area contributed by atoms with E-state index in [-0.39, 0.29) is 17.9 Å². The largest absolute Gasteiger partial charge is 0.481 e. The normalized spacial score (nSPS) is 19.6. The third-order valence-electron chi connectivity index (χ3n) is 3.83. The summed E-state index contributed by atoms with van der Waals surface area (Å²) in [6, 6.07) is 0. The number of amides is 1. The van der Waals surface area contributed by atoms with Gasteiger partial charge in [-0.15, -0.1) is 0 Å². The van der Waals surface area contributed by atoms with Crippen LogP contribution in [-0.4, -0.2) is 44.8 Å². The molecular weight excluding hydrogens is 270 g/mol. The first-order valence-electron chi connectivity index (χ1n) is 7.26. The van der Waals surface area contributed by atoms with Gasteiger partial charge in [-0.2, -0.15) is 5.10 Å². The van der Waals surface area contributed by atoms with Crippen LogP contribution in [0.15, 0.2) is 6.20 Å². The minimum atomic E-state index is -0.824. The van der Waals surface area contributed by atoms with Crippen LogP contribution < -0.4 is 0 Å². The second kappa shape index (κ2) is 5.50. The molecule has 0 aromatic carbocycles. The number of carboxylic acid groups (broad SMARTS) is 1. The van der Waals surface area contributed by atoms with E-state index in [0.717, 1.165) is 12.1 Å². The number of aliphatic carboxylic acids is 1. The average Bonchev–Trinajstić information content (AvgIpc) is 2.80. The minimum Gasteiger partial charge on any atom is -0.481 e. The molecule has 0 aliphatic carbocycles. The molecular formula is C15H23N3O3. The molecule has 1 atom stereocenters. The zero-order valence-electron chi connectivity index (χ0n) is 13.1. The molecule has 1 aliphatic heterocycles. The molecule has 2 heterocycles. The second-order valence-corrected chi connectivity index (χ2v) is 6.74.